The van der Waals surface area contributed by atoms with Gasteiger partial charge in [0.05, 0.1) is 32.5 Å². The third-order valence-electron chi connectivity index (χ3n) is 3.52. The van der Waals surface area contributed by atoms with Crippen molar-refractivity contribution in [3.8, 4) is 11.8 Å². The quantitative estimate of drug-likeness (QED) is 0.314. The number of benzene rings is 1. The maximum atomic E-state index is 12.3. The molecule has 142 valence electrons. The summed E-state index contributed by atoms with van der Waals surface area (Å²) in [5, 5.41) is 23.5. The summed E-state index contributed by atoms with van der Waals surface area (Å²) < 4.78 is 10.7. The highest BCUT2D eigenvalue weighted by atomic mass is 16.5. The zero-order valence-electron chi connectivity index (χ0n) is 15.5. The number of rotatable bonds is 11. The van der Waals surface area contributed by atoms with E-state index in [-0.39, 0.29) is 24.8 Å². The van der Waals surface area contributed by atoms with Crippen molar-refractivity contribution in [3.05, 3.63) is 41.1 Å². The molecule has 0 saturated heterocycles. The first-order valence-electron chi connectivity index (χ1n) is 8.59. The monoisotopic (exact) mass is 361 g/mol. The molecule has 0 aliphatic carbocycles. The van der Waals surface area contributed by atoms with Gasteiger partial charge in [0.25, 0.3) is 5.91 Å². The molecule has 7 nitrogen and oxygen atoms in total. The Morgan fingerprint density at radius 2 is 2.19 bits per heavy atom. The number of aryl methyl sites for hydroxylation is 1. The summed E-state index contributed by atoms with van der Waals surface area (Å²) in [7, 11) is 0. The summed E-state index contributed by atoms with van der Waals surface area (Å²) in [6.45, 7) is 7.27. The fourth-order valence-electron chi connectivity index (χ4n) is 2.27. The highest BCUT2D eigenvalue weighted by Crippen LogP contribution is 2.26. The number of carbonyl (C=O) groups excluding carboxylic acids is 1. The fourth-order valence-corrected chi connectivity index (χ4v) is 2.27. The van der Waals surface area contributed by atoms with Gasteiger partial charge in [0, 0.05) is 18.3 Å². The van der Waals surface area contributed by atoms with Crippen molar-refractivity contribution in [1.29, 1.82) is 5.26 Å². The Balaban J connectivity index is 2.69. The number of ether oxygens (including phenoxy) is 2. The lowest BCUT2D eigenvalue weighted by molar-refractivity contribution is -0.117. The van der Waals surface area contributed by atoms with Crippen LogP contribution in [0, 0.1) is 18.3 Å². The summed E-state index contributed by atoms with van der Waals surface area (Å²) in [6, 6.07) is 7.37. The van der Waals surface area contributed by atoms with Crippen LogP contribution in [0.4, 0.5) is 0 Å². The number of carbonyl (C=O) groups is 1. The van der Waals surface area contributed by atoms with Gasteiger partial charge in [0.15, 0.2) is 0 Å². The molecule has 0 aliphatic heterocycles. The molecule has 1 rings (SSSR count). The van der Waals surface area contributed by atoms with Crippen molar-refractivity contribution in [3.63, 3.8) is 0 Å². The largest absolute Gasteiger partial charge is 0.494 e. The minimum Gasteiger partial charge on any atom is -0.494 e. The number of amides is 1. The van der Waals surface area contributed by atoms with E-state index in [0.717, 1.165) is 11.1 Å². The summed E-state index contributed by atoms with van der Waals surface area (Å²) in [4.78, 5) is 12.3. The molecule has 0 spiro atoms. The van der Waals surface area contributed by atoms with Crippen LogP contribution in [-0.4, -0.2) is 44.0 Å². The van der Waals surface area contributed by atoms with Crippen molar-refractivity contribution < 1.29 is 19.4 Å². The molecular formula is C19H27N3O4. The van der Waals surface area contributed by atoms with E-state index in [1.165, 1.54) is 6.20 Å². The summed E-state index contributed by atoms with van der Waals surface area (Å²) in [5.74, 6) is 0.250. The predicted octanol–water partition coefficient (Wildman–Crippen LogP) is 1.58. The van der Waals surface area contributed by atoms with Crippen LogP contribution < -0.4 is 15.4 Å². The first-order valence-corrected chi connectivity index (χ1v) is 8.59. The van der Waals surface area contributed by atoms with Gasteiger partial charge < -0.3 is 25.2 Å². The van der Waals surface area contributed by atoms with Gasteiger partial charge in [-0.1, -0.05) is 17.7 Å². The van der Waals surface area contributed by atoms with E-state index in [9.17, 15) is 10.1 Å². The smallest absolute Gasteiger partial charge is 0.263 e. The second-order valence-corrected chi connectivity index (χ2v) is 5.63. The van der Waals surface area contributed by atoms with Gasteiger partial charge >= 0.3 is 0 Å². The molecule has 1 aromatic rings. The fraction of sp³-hybridized carbons (Fsp3) is 0.474. The number of hydrogen-bond donors (Lipinski definition) is 3. The standard InChI is InChI=1S/C19H27N3O4/c1-4-26-18-6-5-14(2)11-17(18)15(3)22-19(24)16(12-20)13-21-7-9-25-10-8-23/h5-6,11,13,15,21,23H,4,7-10H2,1-3H3,(H,22,24)/b16-13-. The highest BCUT2D eigenvalue weighted by Gasteiger charge is 2.17. The minimum atomic E-state index is -0.465. The lowest BCUT2D eigenvalue weighted by Crippen LogP contribution is -2.29. The van der Waals surface area contributed by atoms with Gasteiger partial charge in [-0.3, -0.25) is 4.79 Å². The second kappa shape index (κ2) is 11.9. The number of hydrogen-bond acceptors (Lipinski definition) is 6. The number of nitriles is 1. The second-order valence-electron chi connectivity index (χ2n) is 5.63. The Labute approximate surface area is 154 Å². The van der Waals surface area contributed by atoms with Crippen molar-refractivity contribution in [2.24, 2.45) is 0 Å². The van der Waals surface area contributed by atoms with Crippen LogP contribution >= 0.6 is 0 Å². The van der Waals surface area contributed by atoms with Gasteiger partial charge in [-0.2, -0.15) is 5.26 Å². The zero-order chi connectivity index (χ0) is 19.4. The normalized spacial score (nSPS) is 12.2. The Hall–Kier alpha value is -2.56. The first kappa shape index (κ1) is 21.5. The molecular weight excluding hydrogens is 334 g/mol. The Kier molecular flexibility index (Phi) is 9.83. The lowest BCUT2D eigenvalue weighted by Gasteiger charge is -2.18. The Morgan fingerprint density at radius 3 is 2.85 bits per heavy atom. The van der Waals surface area contributed by atoms with Crippen molar-refractivity contribution >= 4 is 5.91 Å². The molecule has 3 N–H and O–H groups in total. The van der Waals surface area contributed by atoms with Crippen LogP contribution in [0.25, 0.3) is 0 Å². The molecule has 7 heteroatoms. The maximum Gasteiger partial charge on any atom is 0.263 e. The van der Waals surface area contributed by atoms with Crippen LogP contribution in [0.2, 0.25) is 0 Å². The van der Waals surface area contributed by atoms with E-state index < -0.39 is 5.91 Å². The maximum absolute atomic E-state index is 12.3. The van der Waals surface area contributed by atoms with Crippen LogP contribution in [-0.2, 0) is 9.53 Å². The molecule has 0 aromatic heterocycles. The number of nitrogens with one attached hydrogen (secondary N) is 2. The summed E-state index contributed by atoms with van der Waals surface area (Å²) in [6.07, 6.45) is 1.37. The van der Waals surface area contributed by atoms with Gasteiger partial charge in [-0.25, -0.2) is 0 Å². The average Bonchev–Trinajstić information content (AvgIpc) is 2.62. The highest BCUT2D eigenvalue weighted by molar-refractivity contribution is 5.97. The lowest BCUT2D eigenvalue weighted by atomic mass is 10.0. The number of nitrogens with zero attached hydrogens (tertiary/aromatic N) is 1. The molecule has 1 aromatic carbocycles. The van der Waals surface area contributed by atoms with E-state index in [0.29, 0.717) is 25.5 Å². The molecule has 0 saturated carbocycles. The zero-order valence-corrected chi connectivity index (χ0v) is 15.5. The summed E-state index contributed by atoms with van der Waals surface area (Å²) >= 11 is 0. The van der Waals surface area contributed by atoms with Crippen LogP contribution in [0.3, 0.4) is 0 Å². The van der Waals surface area contributed by atoms with Gasteiger partial charge in [-0.05, 0) is 26.8 Å². The van der Waals surface area contributed by atoms with Crippen molar-refractivity contribution in [1.82, 2.24) is 10.6 Å². The Morgan fingerprint density at radius 1 is 1.42 bits per heavy atom. The van der Waals surface area contributed by atoms with E-state index in [1.807, 2.05) is 45.0 Å². The molecule has 0 aliphatic rings. The molecule has 1 atom stereocenters. The predicted molar refractivity (Wildman–Crippen MR) is 98.5 cm³/mol. The van der Waals surface area contributed by atoms with Gasteiger partial charge in [-0.15, -0.1) is 0 Å². The first-order chi connectivity index (χ1) is 12.5. The van der Waals surface area contributed by atoms with E-state index in [1.54, 1.807) is 0 Å². The van der Waals surface area contributed by atoms with E-state index in [2.05, 4.69) is 10.6 Å². The van der Waals surface area contributed by atoms with E-state index >= 15 is 0 Å². The molecule has 0 radical (unpaired) electrons. The van der Waals surface area contributed by atoms with Crippen LogP contribution in [0.15, 0.2) is 30.0 Å². The molecule has 1 unspecified atom stereocenters. The van der Waals surface area contributed by atoms with Gasteiger partial charge in [0.2, 0.25) is 0 Å². The summed E-state index contributed by atoms with van der Waals surface area (Å²) in [5.41, 5.74) is 1.90. The van der Waals surface area contributed by atoms with E-state index in [4.69, 9.17) is 14.6 Å². The molecule has 26 heavy (non-hydrogen) atoms. The molecule has 1 amide bonds. The van der Waals surface area contributed by atoms with Crippen LogP contribution in [0.5, 0.6) is 5.75 Å². The third kappa shape index (κ3) is 7.13. The Bertz CT molecular complexity index is 653. The van der Waals surface area contributed by atoms with Crippen molar-refractivity contribution in [2.75, 3.05) is 33.0 Å². The molecule has 0 fully saturated rings. The number of aliphatic hydroxyl groups is 1. The van der Waals surface area contributed by atoms with Crippen LogP contribution in [0.1, 0.15) is 31.0 Å². The molecule has 0 heterocycles. The topological polar surface area (TPSA) is 104 Å². The molecule has 0 bridgehead atoms. The average molecular weight is 361 g/mol. The van der Waals surface area contributed by atoms with Gasteiger partial charge in [0.1, 0.15) is 17.4 Å². The minimum absolute atomic E-state index is 0.0235. The van der Waals surface area contributed by atoms with Crippen molar-refractivity contribution in [2.45, 2.75) is 26.8 Å². The number of aliphatic hydroxyl groups excluding tert-OH is 1. The third-order valence-corrected chi connectivity index (χ3v) is 3.52. The SMILES string of the molecule is CCOc1ccc(C)cc1C(C)NC(=O)/C(C#N)=C\NCCOCCO.